The largest absolute Gasteiger partial charge is 0.249 e. The van der Waals surface area contributed by atoms with E-state index in [2.05, 4.69) is 35.3 Å². The first-order chi connectivity index (χ1) is 7.88. The Morgan fingerprint density at radius 2 is 2.00 bits per heavy atom. The van der Waals surface area contributed by atoms with Crippen molar-refractivity contribution in [1.82, 2.24) is 4.98 Å². The normalized spacial score (nSPS) is 9.94. The van der Waals surface area contributed by atoms with E-state index >= 15 is 0 Å². The molecule has 2 rings (SSSR count). The smallest absolute Gasteiger partial charge is 0.0931 e. The standard InChI is InChI=1S/C13H12N2S/c14-9-8-12-10-15-13(16-12)7-6-11-4-2-1-3-5-11/h1-5,10H,6-8H2. The zero-order valence-electron chi connectivity index (χ0n) is 8.89. The quantitative estimate of drug-likeness (QED) is 0.806. The van der Waals surface area contributed by atoms with Gasteiger partial charge in [0.15, 0.2) is 0 Å². The molecule has 80 valence electrons. The summed E-state index contributed by atoms with van der Waals surface area (Å²) in [5.74, 6) is 0. The molecule has 0 fully saturated rings. The lowest BCUT2D eigenvalue weighted by atomic mass is 10.1. The molecule has 0 aliphatic carbocycles. The molecule has 2 aromatic rings. The molecule has 0 aliphatic heterocycles. The van der Waals surface area contributed by atoms with Crippen LogP contribution in [-0.2, 0) is 19.3 Å². The van der Waals surface area contributed by atoms with E-state index < -0.39 is 0 Å². The topological polar surface area (TPSA) is 36.7 Å². The molecule has 0 spiro atoms. The van der Waals surface area contributed by atoms with Gasteiger partial charge in [-0.2, -0.15) is 5.26 Å². The Morgan fingerprint density at radius 3 is 2.75 bits per heavy atom. The van der Waals surface area contributed by atoms with E-state index in [1.807, 2.05) is 12.3 Å². The fourth-order valence-electron chi connectivity index (χ4n) is 1.52. The van der Waals surface area contributed by atoms with Crippen LogP contribution in [0.1, 0.15) is 15.4 Å². The Labute approximate surface area is 99.2 Å². The molecule has 1 aromatic carbocycles. The van der Waals surface area contributed by atoms with Crippen LogP contribution >= 0.6 is 11.3 Å². The fourth-order valence-corrected chi connectivity index (χ4v) is 2.37. The first kappa shape index (κ1) is 10.8. The molecule has 0 N–H and O–H groups in total. The van der Waals surface area contributed by atoms with Gasteiger partial charge >= 0.3 is 0 Å². The molecule has 16 heavy (non-hydrogen) atoms. The van der Waals surface area contributed by atoms with Crippen molar-refractivity contribution >= 4 is 11.3 Å². The van der Waals surface area contributed by atoms with Gasteiger partial charge in [-0.25, -0.2) is 4.98 Å². The Bertz CT molecular complexity index is 482. The van der Waals surface area contributed by atoms with Crippen molar-refractivity contribution in [2.75, 3.05) is 0 Å². The van der Waals surface area contributed by atoms with Crippen LogP contribution in [0.2, 0.25) is 0 Å². The van der Waals surface area contributed by atoms with Crippen LogP contribution in [-0.4, -0.2) is 4.98 Å². The molecule has 0 aliphatic rings. The van der Waals surface area contributed by atoms with Gasteiger partial charge in [0.2, 0.25) is 0 Å². The van der Waals surface area contributed by atoms with Crippen LogP contribution in [0, 0.1) is 11.3 Å². The number of nitriles is 1. The number of aromatic nitrogens is 1. The summed E-state index contributed by atoms with van der Waals surface area (Å²) in [6.45, 7) is 0. The Hall–Kier alpha value is -1.66. The van der Waals surface area contributed by atoms with Crippen LogP contribution < -0.4 is 0 Å². The lowest BCUT2D eigenvalue weighted by Crippen LogP contribution is -1.89. The summed E-state index contributed by atoms with van der Waals surface area (Å²) in [7, 11) is 0. The van der Waals surface area contributed by atoms with Gasteiger partial charge in [0.25, 0.3) is 0 Å². The highest BCUT2D eigenvalue weighted by Crippen LogP contribution is 2.15. The van der Waals surface area contributed by atoms with Crippen LogP contribution in [0.4, 0.5) is 0 Å². The molecule has 2 nitrogen and oxygen atoms in total. The molecular formula is C13H12N2S. The van der Waals surface area contributed by atoms with E-state index in [0.29, 0.717) is 6.42 Å². The SMILES string of the molecule is N#CCc1cnc(CCc2ccccc2)s1. The van der Waals surface area contributed by atoms with Crippen molar-refractivity contribution in [3.05, 3.63) is 52.0 Å². The monoisotopic (exact) mass is 228 g/mol. The first-order valence-electron chi connectivity index (χ1n) is 5.23. The van der Waals surface area contributed by atoms with Crippen molar-refractivity contribution in [2.24, 2.45) is 0 Å². The minimum absolute atomic E-state index is 0.475. The summed E-state index contributed by atoms with van der Waals surface area (Å²) >= 11 is 1.64. The number of hydrogen-bond acceptors (Lipinski definition) is 3. The van der Waals surface area contributed by atoms with Gasteiger partial charge in [-0.05, 0) is 12.0 Å². The third kappa shape index (κ3) is 2.91. The second-order valence-electron chi connectivity index (χ2n) is 3.54. The third-order valence-electron chi connectivity index (χ3n) is 2.33. The highest BCUT2D eigenvalue weighted by molar-refractivity contribution is 7.11. The van der Waals surface area contributed by atoms with Crippen molar-refractivity contribution in [1.29, 1.82) is 5.26 Å². The first-order valence-corrected chi connectivity index (χ1v) is 6.04. The molecule has 0 bridgehead atoms. The van der Waals surface area contributed by atoms with Gasteiger partial charge < -0.3 is 0 Å². The van der Waals surface area contributed by atoms with Crippen LogP contribution in [0.3, 0.4) is 0 Å². The minimum Gasteiger partial charge on any atom is -0.249 e. The summed E-state index contributed by atoms with van der Waals surface area (Å²) in [5.41, 5.74) is 1.33. The van der Waals surface area contributed by atoms with Crippen LogP contribution in [0.25, 0.3) is 0 Å². The van der Waals surface area contributed by atoms with Crippen molar-refractivity contribution in [3.63, 3.8) is 0 Å². The number of thiazole rings is 1. The maximum atomic E-state index is 8.57. The molecule has 0 radical (unpaired) electrons. The van der Waals surface area contributed by atoms with Crippen LogP contribution in [0.15, 0.2) is 36.5 Å². The number of aryl methyl sites for hydroxylation is 2. The molecule has 0 saturated heterocycles. The average molecular weight is 228 g/mol. The number of rotatable bonds is 4. The number of hydrogen-bond donors (Lipinski definition) is 0. The van der Waals surface area contributed by atoms with Gasteiger partial charge in [0.05, 0.1) is 17.5 Å². The predicted octanol–water partition coefficient (Wildman–Crippen LogP) is 2.99. The van der Waals surface area contributed by atoms with Gasteiger partial charge in [-0.3, -0.25) is 0 Å². The van der Waals surface area contributed by atoms with E-state index in [-0.39, 0.29) is 0 Å². The minimum atomic E-state index is 0.475. The van der Waals surface area contributed by atoms with Gasteiger partial charge in [-0.15, -0.1) is 11.3 Å². The lowest BCUT2D eigenvalue weighted by Gasteiger charge is -1.97. The van der Waals surface area contributed by atoms with Gasteiger partial charge in [-0.1, -0.05) is 30.3 Å². The molecule has 3 heteroatoms. The molecular weight excluding hydrogens is 216 g/mol. The van der Waals surface area contributed by atoms with Crippen molar-refractivity contribution in [3.8, 4) is 6.07 Å². The third-order valence-corrected chi connectivity index (χ3v) is 3.38. The highest BCUT2D eigenvalue weighted by atomic mass is 32.1. The van der Waals surface area contributed by atoms with Crippen molar-refractivity contribution in [2.45, 2.75) is 19.3 Å². The molecule has 0 amide bonds. The van der Waals surface area contributed by atoms with E-state index in [9.17, 15) is 0 Å². The average Bonchev–Trinajstić information content (AvgIpc) is 2.76. The second-order valence-corrected chi connectivity index (χ2v) is 4.74. The Kier molecular flexibility index (Phi) is 3.68. The number of nitrogens with zero attached hydrogens (tertiary/aromatic N) is 2. The van der Waals surface area contributed by atoms with E-state index in [0.717, 1.165) is 22.7 Å². The van der Waals surface area contributed by atoms with E-state index in [1.165, 1.54) is 5.56 Å². The lowest BCUT2D eigenvalue weighted by molar-refractivity contribution is 0.944. The summed E-state index contributed by atoms with van der Waals surface area (Å²) in [6, 6.07) is 12.5. The summed E-state index contributed by atoms with van der Waals surface area (Å²) < 4.78 is 0. The second kappa shape index (κ2) is 5.43. The Balaban J connectivity index is 1.93. The number of benzene rings is 1. The molecule has 1 aromatic heterocycles. The molecule has 0 atom stereocenters. The molecule has 0 unspecified atom stereocenters. The summed E-state index contributed by atoms with van der Waals surface area (Å²) in [4.78, 5) is 5.38. The Morgan fingerprint density at radius 1 is 1.19 bits per heavy atom. The van der Waals surface area contributed by atoms with Crippen molar-refractivity contribution < 1.29 is 0 Å². The summed E-state index contributed by atoms with van der Waals surface area (Å²) in [5, 5.41) is 9.69. The predicted molar refractivity (Wildman–Crippen MR) is 65.3 cm³/mol. The molecule has 0 saturated carbocycles. The van der Waals surface area contributed by atoms with Gasteiger partial charge in [0.1, 0.15) is 0 Å². The maximum Gasteiger partial charge on any atom is 0.0931 e. The van der Waals surface area contributed by atoms with E-state index in [4.69, 9.17) is 5.26 Å². The summed E-state index contributed by atoms with van der Waals surface area (Å²) in [6.07, 6.45) is 4.26. The zero-order valence-corrected chi connectivity index (χ0v) is 9.70. The zero-order chi connectivity index (χ0) is 11.2. The maximum absolute atomic E-state index is 8.57. The van der Waals surface area contributed by atoms with Crippen LogP contribution in [0.5, 0.6) is 0 Å². The molecule has 1 heterocycles. The fraction of sp³-hybridized carbons (Fsp3) is 0.231. The van der Waals surface area contributed by atoms with E-state index in [1.54, 1.807) is 11.3 Å². The van der Waals surface area contributed by atoms with Gasteiger partial charge in [0, 0.05) is 17.5 Å². The highest BCUT2D eigenvalue weighted by Gasteiger charge is 2.01.